The molecule has 4 rings (SSSR count). The Morgan fingerprint density at radius 3 is 2.58 bits per heavy atom. The number of ether oxygens (including phenoxy) is 1. The molecule has 1 amide bonds. The van der Waals surface area contributed by atoms with Gasteiger partial charge >= 0.3 is 0 Å². The summed E-state index contributed by atoms with van der Waals surface area (Å²) in [5.74, 6) is 0.610. The molecule has 0 atom stereocenters. The van der Waals surface area contributed by atoms with Gasteiger partial charge in [-0.15, -0.1) is 0 Å². The van der Waals surface area contributed by atoms with Crippen molar-refractivity contribution in [2.45, 2.75) is 20.5 Å². The van der Waals surface area contributed by atoms with Crippen molar-refractivity contribution in [1.82, 2.24) is 10.5 Å². The number of carbonyl (C=O) groups is 1. The molecule has 168 valence electrons. The fourth-order valence-corrected chi connectivity index (χ4v) is 3.83. The van der Waals surface area contributed by atoms with E-state index in [0.717, 1.165) is 11.1 Å². The number of rotatable bonds is 7. The Hall–Kier alpha value is -3.28. The Labute approximate surface area is 202 Å². The lowest BCUT2D eigenvalue weighted by atomic mass is 9.98. The summed E-state index contributed by atoms with van der Waals surface area (Å²) in [4.78, 5) is 12.8. The second-order valence-electron chi connectivity index (χ2n) is 7.48. The molecule has 0 aliphatic carbocycles. The van der Waals surface area contributed by atoms with Crippen molar-refractivity contribution in [2.75, 3.05) is 6.54 Å². The number of nitrogens with one attached hydrogen (secondary N) is 1. The Balaban J connectivity index is 1.86. The maximum absolute atomic E-state index is 12.8. The molecule has 1 N–H and O–H groups in total. The number of benzene rings is 3. The van der Waals surface area contributed by atoms with Crippen molar-refractivity contribution in [2.24, 2.45) is 0 Å². The standard InChI is InChI=1S/C26H22Cl2N2O3/c1-3-29-26(31)24-23(18-10-7-11-19(27)13-18)25(33-30-24)20-14-21(28)16(2)12-22(20)32-15-17-8-5-4-6-9-17/h4-14H,3,15H2,1-2H3,(H,29,31). The van der Waals surface area contributed by atoms with E-state index in [4.69, 9.17) is 32.5 Å². The normalized spacial score (nSPS) is 10.8. The van der Waals surface area contributed by atoms with E-state index in [1.165, 1.54) is 0 Å². The third-order valence-electron chi connectivity index (χ3n) is 5.10. The molecule has 7 heteroatoms. The Kier molecular flexibility index (Phi) is 7.02. The molecule has 33 heavy (non-hydrogen) atoms. The maximum atomic E-state index is 12.8. The Bertz CT molecular complexity index is 1290. The average Bonchev–Trinajstić information content (AvgIpc) is 3.25. The van der Waals surface area contributed by atoms with Crippen LogP contribution in [-0.4, -0.2) is 17.6 Å². The highest BCUT2D eigenvalue weighted by molar-refractivity contribution is 6.32. The van der Waals surface area contributed by atoms with Gasteiger partial charge in [0.2, 0.25) is 0 Å². The largest absolute Gasteiger partial charge is 0.488 e. The predicted molar refractivity (Wildman–Crippen MR) is 131 cm³/mol. The van der Waals surface area contributed by atoms with Crippen LogP contribution in [0.25, 0.3) is 22.5 Å². The summed E-state index contributed by atoms with van der Waals surface area (Å²) < 4.78 is 11.9. The summed E-state index contributed by atoms with van der Waals surface area (Å²) in [6, 6.07) is 20.7. The van der Waals surface area contributed by atoms with Gasteiger partial charge < -0.3 is 14.6 Å². The molecule has 0 saturated heterocycles. The maximum Gasteiger partial charge on any atom is 0.274 e. The molecule has 0 spiro atoms. The molecule has 0 aliphatic rings. The van der Waals surface area contributed by atoms with Crippen LogP contribution in [0.2, 0.25) is 10.0 Å². The number of aryl methyl sites for hydroxylation is 1. The first-order valence-electron chi connectivity index (χ1n) is 10.5. The van der Waals surface area contributed by atoms with Crippen molar-refractivity contribution in [3.05, 3.63) is 93.6 Å². The lowest BCUT2D eigenvalue weighted by Gasteiger charge is -2.14. The van der Waals surface area contributed by atoms with Gasteiger partial charge in [-0.1, -0.05) is 70.8 Å². The smallest absolute Gasteiger partial charge is 0.274 e. The summed E-state index contributed by atoms with van der Waals surface area (Å²) in [6.45, 7) is 4.56. The van der Waals surface area contributed by atoms with Crippen molar-refractivity contribution in [3.8, 4) is 28.2 Å². The molecule has 5 nitrogen and oxygen atoms in total. The second-order valence-corrected chi connectivity index (χ2v) is 8.32. The number of amides is 1. The van der Waals surface area contributed by atoms with Crippen molar-refractivity contribution < 1.29 is 14.1 Å². The number of halogens is 2. The highest BCUT2D eigenvalue weighted by Gasteiger charge is 2.27. The van der Waals surface area contributed by atoms with E-state index in [-0.39, 0.29) is 11.6 Å². The molecule has 0 saturated carbocycles. The second kappa shape index (κ2) is 10.1. The Morgan fingerprint density at radius 2 is 1.85 bits per heavy atom. The number of nitrogens with zero attached hydrogens (tertiary/aromatic N) is 1. The van der Waals surface area contributed by atoms with Crippen LogP contribution >= 0.6 is 23.2 Å². The lowest BCUT2D eigenvalue weighted by Crippen LogP contribution is -2.23. The first-order valence-corrected chi connectivity index (χ1v) is 11.2. The Morgan fingerprint density at radius 1 is 1.06 bits per heavy atom. The van der Waals surface area contributed by atoms with Gasteiger partial charge in [-0.3, -0.25) is 4.79 Å². The van der Waals surface area contributed by atoms with Crippen LogP contribution in [-0.2, 0) is 6.61 Å². The summed E-state index contributed by atoms with van der Waals surface area (Å²) in [7, 11) is 0. The number of aromatic nitrogens is 1. The molecule has 0 fully saturated rings. The zero-order valence-corrected chi connectivity index (χ0v) is 19.7. The minimum atomic E-state index is -0.340. The monoisotopic (exact) mass is 480 g/mol. The van der Waals surface area contributed by atoms with Crippen LogP contribution < -0.4 is 10.1 Å². The molecular formula is C26H22Cl2N2O3. The van der Waals surface area contributed by atoms with Gasteiger partial charge in [0, 0.05) is 16.6 Å². The topological polar surface area (TPSA) is 64.4 Å². The van der Waals surface area contributed by atoms with Crippen LogP contribution in [0.1, 0.15) is 28.5 Å². The first kappa shape index (κ1) is 22.9. The van der Waals surface area contributed by atoms with Crippen LogP contribution in [0.5, 0.6) is 5.75 Å². The number of hydrogen-bond acceptors (Lipinski definition) is 4. The van der Waals surface area contributed by atoms with E-state index < -0.39 is 0 Å². The molecule has 0 aliphatic heterocycles. The molecular weight excluding hydrogens is 459 g/mol. The van der Waals surface area contributed by atoms with Gasteiger partial charge in [0.05, 0.1) is 11.1 Å². The van der Waals surface area contributed by atoms with Gasteiger partial charge in [0.25, 0.3) is 5.91 Å². The van der Waals surface area contributed by atoms with E-state index in [1.807, 2.05) is 62.4 Å². The van der Waals surface area contributed by atoms with E-state index >= 15 is 0 Å². The minimum Gasteiger partial charge on any atom is -0.488 e. The predicted octanol–water partition coefficient (Wildman–Crippen LogP) is 6.95. The molecule has 0 bridgehead atoms. The highest BCUT2D eigenvalue weighted by atomic mass is 35.5. The van der Waals surface area contributed by atoms with Gasteiger partial charge in [0.15, 0.2) is 11.5 Å². The van der Waals surface area contributed by atoms with Crippen LogP contribution in [0.4, 0.5) is 0 Å². The summed E-state index contributed by atoms with van der Waals surface area (Å²) in [5.41, 5.74) is 3.86. The SMILES string of the molecule is CCNC(=O)c1noc(-c2cc(Cl)c(C)cc2OCc2ccccc2)c1-c1cccc(Cl)c1. The van der Waals surface area contributed by atoms with Crippen molar-refractivity contribution in [1.29, 1.82) is 0 Å². The van der Waals surface area contributed by atoms with Gasteiger partial charge in [-0.25, -0.2) is 0 Å². The van der Waals surface area contributed by atoms with E-state index in [1.54, 1.807) is 18.2 Å². The van der Waals surface area contributed by atoms with Gasteiger partial charge in [0.1, 0.15) is 12.4 Å². The molecule has 4 aromatic rings. The van der Waals surface area contributed by atoms with Gasteiger partial charge in [-0.2, -0.15) is 0 Å². The molecule has 0 unspecified atom stereocenters. The third-order valence-corrected chi connectivity index (χ3v) is 5.74. The molecule has 1 heterocycles. The number of carbonyl (C=O) groups excluding carboxylic acids is 1. The highest BCUT2D eigenvalue weighted by Crippen LogP contribution is 2.42. The molecule has 0 radical (unpaired) electrons. The fourth-order valence-electron chi connectivity index (χ4n) is 3.47. The molecule has 1 aromatic heterocycles. The van der Waals surface area contributed by atoms with Gasteiger partial charge in [-0.05, 0) is 54.8 Å². The number of hydrogen-bond donors (Lipinski definition) is 1. The average molecular weight is 481 g/mol. The summed E-state index contributed by atoms with van der Waals surface area (Å²) >= 11 is 12.7. The van der Waals surface area contributed by atoms with Crippen LogP contribution in [0, 0.1) is 6.92 Å². The molecule has 3 aromatic carbocycles. The first-order chi connectivity index (χ1) is 16.0. The van der Waals surface area contributed by atoms with E-state index in [2.05, 4.69) is 10.5 Å². The van der Waals surface area contributed by atoms with E-state index in [0.29, 0.717) is 51.4 Å². The van der Waals surface area contributed by atoms with E-state index in [9.17, 15) is 4.79 Å². The lowest BCUT2D eigenvalue weighted by molar-refractivity contribution is 0.0947. The van der Waals surface area contributed by atoms with Crippen LogP contribution in [0.15, 0.2) is 71.3 Å². The quantitative estimate of drug-likeness (QED) is 0.310. The third kappa shape index (κ3) is 5.05. The summed E-state index contributed by atoms with van der Waals surface area (Å²) in [5, 5.41) is 7.96. The fraction of sp³-hybridized carbons (Fsp3) is 0.154. The summed E-state index contributed by atoms with van der Waals surface area (Å²) in [6.07, 6.45) is 0. The minimum absolute atomic E-state index is 0.167. The van der Waals surface area contributed by atoms with Crippen molar-refractivity contribution >= 4 is 29.1 Å². The van der Waals surface area contributed by atoms with Crippen molar-refractivity contribution in [3.63, 3.8) is 0 Å². The zero-order valence-electron chi connectivity index (χ0n) is 18.2. The van der Waals surface area contributed by atoms with Crippen LogP contribution in [0.3, 0.4) is 0 Å². The zero-order chi connectivity index (χ0) is 23.4.